The van der Waals surface area contributed by atoms with Crippen LogP contribution in [0, 0.1) is 5.92 Å². The molecule has 1 heteroatoms. The molecule has 1 fully saturated rings. The minimum absolute atomic E-state index is 0.565. The molecule has 0 aromatic carbocycles. The van der Waals surface area contributed by atoms with Crippen molar-refractivity contribution in [2.75, 3.05) is 6.61 Å². The van der Waals surface area contributed by atoms with Crippen molar-refractivity contribution in [2.24, 2.45) is 5.92 Å². The van der Waals surface area contributed by atoms with E-state index in [9.17, 15) is 0 Å². The van der Waals surface area contributed by atoms with Crippen LogP contribution in [0.5, 0.6) is 0 Å². The van der Waals surface area contributed by atoms with Crippen molar-refractivity contribution in [3.8, 4) is 0 Å². The average molecular weight is 114 g/mol. The Morgan fingerprint density at radius 1 is 1.50 bits per heavy atom. The lowest BCUT2D eigenvalue weighted by atomic mass is 10.1. The number of hydrogen-bond donors (Lipinski definition) is 0. The van der Waals surface area contributed by atoms with Crippen LogP contribution in [0.25, 0.3) is 0 Å². The molecule has 0 aromatic rings. The topological polar surface area (TPSA) is 9.23 Å². The number of hydrogen-bond acceptors (Lipinski definition) is 1. The first-order valence-corrected chi connectivity index (χ1v) is 3.42. The molecule has 8 heavy (non-hydrogen) atoms. The molecule has 0 saturated carbocycles. The van der Waals surface area contributed by atoms with Crippen LogP contribution < -0.4 is 0 Å². The third-order valence-electron chi connectivity index (χ3n) is 1.71. The van der Waals surface area contributed by atoms with Gasteiger partial charge in [-0.05, 0) is 18.8 Å². The molecular formula is C7H14O. The quantitative estimate of drug-likeness (QED) is 0.505. The highest BCUT2D eigenvalue weighted by Crippen LogP contribution is 2.18. The van der Waals surface area contributed by atoms with Crippen molar-refractivity contribution < 1.29 is 4.74 Å². The summed E-state index contributed by atoms with van der Waals surface area (Å²) < 4.78 is 5.41. The number of rotatable bonds is 1. The Balaban J connectivity index is 2.24. The zero-order valence-corrected chi connectivity index (χ0v) is 5.68. The van der Waals surface area contributed by atoms with E-state index in [1.807, 2.05) is 0 Å². The molecule has 0 amide bonds. The third-order valence-corrected chi connectivity index (χ3v) is 1.71. The van der Waals surface area contributed by atoms with Crippen LogP contribution in [-0.4, -0.2) is 12.7 Å². The van der Waals surface area contributed by atoms with Gasteiger partial charge in [-0.15, -0.1) is 0 Å². The first-order chi connectivity index (χ1) is 3.80. The lowest BCUT2D eigenvalue weighted by Crippen LogP contribution is -2.12. The zero-order chi connectivity index (χ0) is 5.98. The Hall–Kier alpha value is -0.0400. The van der Waals surface area contributed by atoms with Gasteiger partial charge in [-0.3, -0.25) is 0 Å². The van der Waals surface area contributed by atoms with Crippen molar-refractivity contribution in [1.29, 1.82) is 0 Å². The lowest BCUT2D eigenvalue weighted by Gasteiger charge is -2.11. The van der Waals surface area contributed by atoms with Gasteiger partial charge < -0.3 is 4.74 Å². The molecule has 1 atom stereocenters. The van der Waals surface area contributed by atoms with E-state index in [0.717, 1.165) is 12.5 Å². The molecule has 1 nitrogen and oxygen atoms in total. The molecule has 48 valence electrons. The largest absolute Gasteiger partial charge is 0.378 e. The van der Waals surface area contributed by atoms with Gasteiger partial charge in [-0.2, -0.15) is 0 Å². The van der Waals surface area contributed by atoms with E-state index in [1.54, 1.807) is 0 Å². The van der Waals surface area contributed by atoms with Crippen LogP contribution in [-0.2, 0) is 4.74 Å². The van der Waals surface area contributed by atoms with Gasteiger partial charge in [0, 0.05) is 6.61 Å². The third kappa shape index (κ3) is 1.22. The fraction of sp³-hybridized carbons (Fsp3) is 1.00. The minimum Gasteiger partial charge on any atom is -0.378 e. The van der Waals surface area contributed by atoms with Gasteiger partial charge in [-0.1, -0.05) is 13.8 Å². The summed E-state index contributed by atoms with van der Waals surface area (Å²) in [5.74, 6) is 0.720. The summed E-state index contributed by atoms with van der Waals surface area (Å²) in [4.78, 5) is 0. The first kappa shape index (κ1) is 6.09. The molecule has 1 heterocycles. The van der Waals surface area contributed by atoms with Gasteiger partial charge in [0.15, 0.2) is 0 Å². The fourth-order valence-corrected chi connectivity index (χ4v) is 1.13. The van der Waals surface area contributed by atoms with Crippen molar-refractivity contribution in [1.82, 2.24) is 0 Å². The highest BCUT2D eigenvalue weighted by molar-refractivity contribution is 4.67. The Morgan fingerprint density at radius 2 is 2.25 bits per heavy atom. The summed E-state index contributed by atoms with van der Waals surface area (Å²) in [6.07, 6.45) is 3.11. The SMILES string of the molecule is CC(C)[C@H]1CCCO1. The predicted octanol–water partition coefficient (Wildman–Crippen LogP) is 1.82. The maximum atomic E-state index is 5.41. The van der Waals surface area contributed by atoms with E-state index in [-0.39, 0.29) is 0 Å². The zero-order valence-electron chi connectivity index (χ0n) is 5.68. The van der Waals surface area contributed by atoms with Gasteiger partial charge in [0.25, 0.3) is 0 Å². The molecule has 0 bridgehead atoms. The van der Waals surface area contributed by atoms with E-state index >= 15 is 0 Å². The van der Waals surface area contributed by atoms with Crippen LogP contribution in [0.4, 0.5) is 0 Å². The van der Waals surface area contributed by atoms with Crippen LogP contribution >= 0.6 is 0 Å². The van der Waals surface area contributed by atoms with Crippen LogP contribution in [0.1, 0.15) is 26.7 Å². The second-order valence-corrected chi connectivity index (χ2v) is 2.80. The van der Waals surface area contributed by atoms with Crippen molar-refractivity contribution in [2.45, 2.75) is 32.8 Å². The standard InChI is InChI=1S/C7H14O/c1-6(2)7-4-3-5-8-7/h6-7H,3-5H2,1-2H3/t7-/m1/s1. The van der Waals surface area contributed by atoms with Crippen molar-refractivity contribution >= 4 is 0 Å². The summed E-state index contributed by atoms with van der Waals surface area (Å²) in [5.41, 5.74) is 0. The van der Waals surface area contributed by atoms with E-state index < -0.39 is 0 Å². The molecule has 1 rings (SSSR count). The molecule has 1 aliphatic rings. The Morgan fingerprint density at radius 3 is 2.50 bits per heavy atom. The highest BCUT2D eigenvalue weighted by atomic mass is 16.5. The predicted molar refractivity (Wildman–Crippen MR) is 33.8 cm³/mol. The van der Waals surface area contributed by atoms with E-state index in [2.05, 4.69) is 13.8 Å². The van der Waals surface area contributed by atoms with Crippen molar-refractivity contribution in [3.63, 3.8) is 0 Å². The Kier molecular flexibility index (Phi) is 1.90. The molecule has 0 unspecified atom stereocenters. The van der Waals surface area contributed by atoms with E-state index in [0.29, 0.717) is 6.10 Å². The molecule has 1 aliphatic heterocycles. The first-order valence-electron chi connectivity index (χ1n) is 3.42. The maximum absolute atomic E-state index is 5.41. The molecular weight excluding hydrogens is 100 g/mol. The van der Waals surface area contributed by atoms with Crippen molar-refractivity contribution in [3.05, 3.63) is 0 Å². The van der Waals surface area contributed by atoms with E-state index in [4.69, 9.17) is 4.74 Å². The minimum atomic E-state index is 0.565. The smallest absolute Gasteiger partial charge is 0.0598 e. The molecule has 0 radical (unpaired) electrons. The van der Waals surface area contributed by atoms with Gasteiger partial charge >= 0.3 is 0 Å². The van der Waals surface area contributed by atoms with Crippen LogP contribution in [0.15, 0.2) is 0 Å². The van der Waals surface area contributed by atoms with E-state index in [1.165, 1.54) is 12.8 Å². The average Bonchev–Trinajstić information content (AvgIpc) is 2.12. The monoisotopic (exact) mass is 114 g/mol. The van der Waals surface area contributed by atoms with Gasteiger partial charge in [-0.25, -0.2) is 0 Å². The molecule has 1 saturated heterocycles. The second kappa shape index (κ2) is 2.49. The molecule has 0 aromatic heterocycles. The fourth-order valence-electron chi connectivity index (χ4n) is 1.13. The molecule has 0 aliphatic carbocycles. The number of ether oxygens (including phenoxy) is 1. The summed E-state index contributed by atoms with van der Waals surface area (Å²) >= 11 is 0. The Labute approximate surface area is 51.0 Å². The van der Waals surface area contributed by atoms with Crippen LogP contribution in [0.3, 0.4) is 0 Å². The Bertz CT molecular complexity index is 62.8. The normalized spacial score (nSPS) is 29.6. The van der Waals surface area contributed by atoms with Gasteiger partial charge in [0.05, 0.1) is 6.10 Å². The van der Waals surface area contributed by atoms with Crippen LogP contribution in [0.2, 0.25) is 0 Å². The summed E-state index contributed by atoms with van der Waals surface area (Å²) in [7, 11) is 0. The summed E-state index contributed by atoms with van der Waals surface area (Å²) in [6.45, 7) is 5.43. The lowest BCUT2D eigenvalue weighted by molar-refractivity contribution is 0.0758. The van der Waals surface area contributed by atoms with Gasteiger partial charge in [0.1, 0.15) is 0 Å². The van der Waals surface area contributed by atoms with Gasteiger partial charge in [0.2, 0.25) is 0 Å². The summed E-state index contributed by atoms with van der Waals surface area (Å²) in [6, 6.07) is 0. The molecule has 0 spiro atoms. The second-order valence-electron chi connectivity index (χ2n) is 2.80. The summed E-state index contributed by atoms with van der Waals surface area (Å²) in [5, 5.41) is 0. The highest BCUT2D eigenvalue weighted by Gasteiger charge is 2.17. The maximum Gasteiger partial charge on any atom is 0.0598 e. The molecule has 0 N–H and O–H groups in total.